The number of pyridine rings is 3. The third-order valence-corrected chi connectivity index (χ3v) is 7.54. The molecule has 3 aromatic carbocycles. The van der Waals surface area contributed by atoms with E-state index in [2.05, 4.69) is 86.2 Å². The van der Waals surface area contributed by atoms with Crippen LogP contribution in [0, 0.1) is 26.0 Å². The molecule has 4 nitrogen and oxygen atoms in total. The van der Waals surface area contributed by atoms with E-state index in [1.54, 1.807) is 6.20 Å². The van der Waals surface area contributed by atoms with Crippen LogP contribution in [0.15, 0.2) is 126 Å². The maximum Gasteiger partial charge on any atom is 0.157 e. The molecule has 7 rings (SSSR count). The van der Waals surface area contributed by atoms with Gasteiger partial charge in [0, 0.05) is 49.1 Å². The van der Waals surface area contributed by atoms with Crippen LogP contribution in [0.3, 0.4) is 0 Å². The van der Waals surface area contributed by atoms with Crippen molar-refractivity contribution < 1.29 is 24.5 Å². The molecule has 5 heteroatoms. The Kier molecular flexibility index (Phi) is 10.1. The van der Waals surface area contributed by atoms with Gasteiger partial charge < -0.3 is 14.4 Å². The zero-order valence-corrected chi connectivity index (χ0v) is 29.0. The minimum atomic E-state index is -0.105. The van der Waals surface area contributed by atoms with E-state index in [1.165, 1.54) is 11.1 Å². The standard InChI is InChI=1S/C30H27N2O.C11H8N.Ir/c1-19-14-15-31-26(16-19)23-10-7-9-21(17-23)22-12-13-27-24(18-22)28(30(3,4)5)29(33-27)25-11-6-8-20(2)32-25;1-2-6-10(7-3-1)11-8-4-5-9-12-11;/h6-9,11-18H,1-5H3;1-6,8-9H;/q2*-1;. The van der Waals surface area contributed by atoms with Crippen molar-refractivity contribution in [3.63, 3.8) is 0 Å². The van der Waals surface area contributed by atoms with E-state index in [0.29, 0.717) is 0 Å². The molecule has 0 saturated carbocycles. The summed E-state index contributed by atoms with van der Waals surface area (Å²) in [6, 6.07) is 43.0. The molecule has 0 amide bonds. The third-order valence-electron chi connectivity index (χ3n) is 7.54. The Hall–Kier alpha value is -4.70. The average molecular weight is 778 g/mol. The van der Waals surface area contributed by atoms with Gasteiger partial charge in [-0.2, -0.15) is 0 Å². The Morgan fingerprint density at radius 2 is 1.39 bits per heavy atom. The second-order valence-corrected chi connectivity index (χ2v) is 12.1. The van der Waals surface area contributed by atoms with Crippen molar-refractivity contribution in [2.24, 2.45) is 0 Å². The number of hydrogen-bond acceptors (Lipinski definition) is 4. The fourth-order valence-electron chi connectivity index (χ4n) is 5.42. The molecule has 0 saturated heterocycles. The monoisotopic (exact) mass is 778 g/mol. The van der Waals surface area contributed by atoms with Crippen molar-refractivity contribution in [1.29, 1.82) is 0 Å². The van der Waals surface area contributed by atoms with E-state index >= 15 is 0 Å². The predicted molar refractivity (Wildman–Crippen MR) is 184 cm³/mol. The van der Waals surface area contributed by atoms with Gasteiger partial charge in [-0.05, 0) is 72.6 Å². The fraction of sp³-hybridized carbons (Fsp3) is 0.146. The van der Waals surface area contributed by atoms with Gasteiger partial charge in [0.1, 0.15) is 11.3 Å². The summed E-state index contributed by atoms with van der Waals surface area (Å²) in [5, 5.41) is 1.13. The van der Waals surface area contributed by atoms with Gasteiger partial charge >= 0.3 is 0 Å². The molecule has 0 fully saturated rings. The second kappa shape index (κ2) is 14.2. The third kappa shape index (κ3) is 7.39. The molecular weight excluding hydrogens is 743 g/mol. The molecule has 7 aromatic rings. The Balaban J connectivity index is 0.000000269. The van der Waals surface area contributed by atoms with Gasteiger partial charge in [0.2, 0.25) is 0 Å². The van der Waals surface area contributed by atoms with Crippen LogP contribution in [0.1, 0.15) is 37.6 Å². The first-order chi connectivity index (χ1) is 21.8. The number of furan rings is 1. The number of nitrogens with zero attached hydrogens (tertiary/aromatic N) is 3. The van der Waals surface area contributed by atoms with E-state index < -0.39 is 0 Å². The maximum absolute atomic E-state index is 6.39. The number of aromatic nitrogens is 3. The molecule has 4 aromatic heterocycles. The van der Waals surface area contributed by atoms with Gasteiger partial charge in [-0.3, -0.25) is 0 Å². The molecule has 0 atom stereocenters. The summed E-state index contributed by atoms with van der Waals surface area (Å²) in [5.74, 6) is 0.851. The van der Waals surface area contributed by atoms with E-state index in [1.807, 2.05) is 85.9 Å². The van der Waals surface area contributed by atoms with Gasteiger partial charge in [-0.25, -0.2) is 4.98 Å². The molecule has 231 valence electrons. The number of rotatable bonds is 4. The maximum atomic E-state index is 6.39. The molecular formula is C41H35IrN3O-2. The van der Waals surface area contributed by atoms with Gasteiger partial charge in [-0.15, -0.1) is 71.3 Å². The van der Waals surface area contributed by atoms with Crippen LogP contribution in [-0.2, 0) is 25.5 Å². The van der Waals surface area contributed by atoms with Crippen LogP contribution in [-0.4, -0.2) is 15.0 Å². The summed E-state index contributed by atoms with van der Waals surface area (Å²) in [6.45, 7) is 10.8. The Morgan fingerprint density at radius 3 is 2.11 bits per heavy atom. The molecule has 0 N–H and O–H groups in total. The zero-order chi connectivity index (χ0) is 31.4. The van der Waals surface area contributed by atoms with Gasteiger partial charge in [0.05, 0.1) is 0 Å². The summed E-state index contributed by atoms with van der Waals surface area (Å²) < 4.78 is 6.39. The number of hydrogen-bond donors (Lipinski definition) is 0. The number of benzene rings is 3. The molecule has 0 aliphatic rings. The molecule has 0 aliphatic carbocycles. The largest absolute Gasteiger partial charge is 0.454 e. The van der Waals surface area contributed by atoms with Crippen LogP contribution in [0.5, 0.6) is 0 Å². The van der Waals surface area contributed by atoms with Gasteiger partial charge in [0.15, 0.2) is 5.76 Å². The van der Waals surface area contributed by atoms with Crippen molar-refractivity contribution in [3.8, 4) is 45.1 Å². The van der Waals surface area contributed by atoms with E-state index in [0.717, 1.165) is 61.8 Å². The summed E-state index contributed by atoms with van der Waals surface area (Å²) in [6.07, 6.45) is 3.63. The topological polar surface area (TPSA) is 51.8 Å². The van der Waals surface area contributed by atoms with Crippen LogP contribution >= 0.6 is 0 Å². The molecule has 0 unspecified atom stereocenters. The van der Waals surface area contributed by atoms with Crippen LogP contribution in [0.4, 0.5) is 0 Å². The van der Waals surface area contributed by atoms with E-state index in [-0.39, 0.29) is 25.5 Å². The van der Waals surface area contributed by atoms with E-state index in [4.69, 9.17) is 9.40 Å². The molecule has 4 heterocycles. The average Bonchev–Trinajstić information content (AvgIpc) is 3.46. The van der Waals surface area contributed by atoms with E-state index in [9.17, 15) is 0 Å². The summed E-state index contributed by atoms with van der Waals surface area (Å²) >= 11 is 0. The van der Waals surface area contributed by atoms with Crippen LogP contribution in [0.2, 0.25) is 0 Å². The zero-order valence-electron chi connectivity index (χ0n) is 26.6. The summed E-state index contributed by atoms with van der Waals surface area (Å²) in [5.41, 5.74) is 11.2. The Morgan fingerprint density at radius 1 is 0.630 bits per heavy atom. The van der Waals surface area contributed by atoms with Crippen molar-refractivity contribution in [1.82, 2.24) is 15.0 Å². The Bertz CT molecular complexity index is 2020. The quantitative estimate of drug-likeness (QED) is 0.167. The summed E-state index contributed by atoms with van der Waals surface area (Å²) in [4.78, 5) is 13.5. The number of aryl methyl sites for hydroxylation is 2. The molecule has 46 heavy (non-hydrogen) atoms. The first-order valence-electron chi connectivity index (χ1n) is 15.1. The molecule has 0 bridgehead atoms. The SMILES string of the molecule is Cc1ccnc(-c2[c-]ccc(-c3ccc4oc(-c5cccc(C)n5)c(C(C)(C)C)c4c3)c2)c1.[Ir].[c-]1ccccc1-c1ccccn1. The minimum absolute atomic E-state index is 0. The first kappa shape index (κ1) is 32.7. The smallest absolute Gasteiger partial charge is 0.157 e. The normalized spacial score (nSPS) is 11.0. The second-order valence-electron chi connectivity index (χ2n) is 12.1. The van der Waals surface area contributed by atoms with Gasteiger partial charge in [0.25, 0.3) is 0 Å². The number of fused-ring (bicyclic) bond motifs is 1. The Labute approximate surface area is 285 Å². The van der Waals surface area contributed by atoms with Crippen LogP contribution < -0.4 is 0 Å². The van der Waals surface area contributed by atoms with Crippen molar-refractivity contribution in [2.75, 3.05) is 0 Å². The van der Waals surface area contributed by atoms with Crippen molar-refractivity contribution in [2.45, 2.75) is 40.0 Å². The predicted octanol–water partition coefficient (Wildman–Crippen LogP) is 10.5. The van der Waals surface area contributed by atoms with Crippen molar-refractivity contribution in [3.05, 3.63) is 151 Å². The minimum Gasteiger partial charge on any atom is -0.454 e. The fourth-order valence-corrected chi connectivity index (χ4v) is 5.42. The molecule has 1 radical (unpaired) electrons. The van der Waals surface area contributed by atoms with Gasteiger partial charge in [-0.1, -0.05) is 56.7 Å². The first-order valence-corrected chi connectivity index (χ1v) is 15.1. The van der Waals surface area contributed by atoms with Crippen molar-refractivity contribution >= 4 is 11.0 Å². The summed E-state index contributed by atoms with van der Waals surface area (Å²) in [7, 11) is 0. The van der Waals surface area contributed by atoms with Crippen LogP contribution in [0.25, 0.3) is 56.1 Å². The molecule has 0 aliphatic heterocycles. The molecule has 0 spiro atoms.